The predicted octanol–water partition coefficient (Wildman–Crippen LogP) is 3.12. The average molecular weight is 299 g/mol. The van der Waals surface area contributed by atoms with E-state index in [9.17, 15) is 13.6 Å². The van der Waals surface area contributed by atoms with Crippen molar-refractivity contribution in [2.75, 3.05) is 7.11 Å². The molecule has 0 fully saturated rings. The molecule has 0 aliphatic heterocycles. The number of hydrogen-bond acceptors (Lipinski definition) is 2. The number of carbonyl (C=O) groups excluding carboxylic acids is 1. The quantitative estimate of drug-likeness (QED) is 0.633. The molecule has 1 rings (SSSR count). The van der Waals surface area contributed by atoms with Gasteiger partial charge in [-0.15, -0.1) is 11.6 Å². The van der Waals surface area contributed by atoms with Gasteiger partial charge in [0.05, 0.1) is 12.7 Å². The first-order valence-electron chi connectivity index (χ1n) is 3.82. The Morgan fingerprint density at radius 2 is 2.07 bits per heavy atom. The molecule has 0 saturated heterocycles. The largest absolute Gasteiger partial charge is 0.494 e. The van der Waals surface area contributed by atoms with Crippen LogP contribution in [0.1, 0.15) is 10.4 Å². The van der Waals surface area contributed by atoms with Crippen LogP contribution in [0, 0.1) is 11.6 Å². The highest BCUT2D eigenvalue weighted by Gasteiger charge is 2.20. The molecule has 0 spiro atoms. The van der Waals surface area contributed by atoms with Crippen LogP contribution in [0.3, 0.4) is 0 Å². The molecule has 1 aromatic carbocycles. The molecule has 0 aliphatic rings. The van der Waals surface area contributed by atoms with Crippen molar-refractivity contribution in [2.45, 2.75) is 4.29 Å². The topological polar surface area (TPSA) is 26.3 Å². The Hall–Kier alpha value is -0.680. The third kappa shape index (κ3) is 2.66. The number of halogens is 4. The van der Waals surface area contributed by atoms with E-state index in [1.54, 1.807) is 0 Å². The van der Waals surface area contributed by atoms with Crippen LogP contribution in [0.4, 0.5) is 8.78 Å². The standard InChI is InChI=1S/C9H6BrClF2O2/c1-15-7-3-5(12)4(2-6(7)13)8(14)9(10)11/h2-3,9H,1H3. The van der Waals surface area contributed by atoms with Crippen LogP contribution in [-0.2, 0) is 0 Å². The van der Waals surface area contributed by atoms with E-state index < -0.39 is 27.3 Å². The van der Waals surface area contributed by atoms with Gasteiger partial charge in [0.2, 0.25) is 0 Å². The zero-order chi connectivity index (χ0) is 11.6. The van der Waals surface area contributed by atoms with Crippen molar-refractivity contribution in [3.8, 4) is 5.75 Å². The Morgan fingerprint density at radius 1 is 1.47 bits per heavy atom. The fraction of sp³-hybridized carbons (Fsp3) is 0.222. The van der Waals surface area contributed by atoms with Gasteiger partial charge in [-0.05, 0) is 6.07 Å². The van der Waals surface area contributed by atoms with Crippen LogP contribution in [0.25, 0.3) is 0 Å². The highest BCUT2D eigenvalue weighted by molar-refractivity contribution is 9.10. The molecule has 1 aromatic rings. The van der Waals surface area contributed by atoms with Crippen molar-refractivity contribution in [3.05, 3.63) is 29.3 Å². The Labute approximate surface area is 98.3 Å². The molecule has 0 amide bonds. The normalized spacial score (nSPS) is 12.3. The predicted molar refractivity (Wildman–Crippen MR) is 55.8 cm³/mol. The first kappa shape index (κ1) is 12.4. The first-order chi connectivity index (χ1) is 6.97. The Balaban J connectivity index is 3.22. The molecule has 1 unspecified atom stereocenters. The SMILES string of the molecule is COc1cc(F)c(C(=O)C(Cl)Br)cc1F. The molecule has 2 nitrogen and oxygen atoms in total. The van der Waals surface area contributed by atoms with Gasteiger partial charge in [-0.25, -0.2) is 8.78 Å². The molecule has 0 heterocycles. The van der Waals surface area contributed by atoms with Crippen molar-refractivity contribution in [2.24, 2.45) is 0 Å². The molecule has 0 N–H and O–H groups in total. The minimum atomic E-state index is -1.08. The highest BCUT2D eigenvalue weighted by atomic mass is 79.9. The smallest absolute Gasteiger partial charge is 0.194 e. The van der Waals surface area contributed by atoms with Crippen LogP contribution in [0.5, 0.6) is 5.75 Å². The zero-order valence-electron chi connectivity index (χ0n) is 7.56. The molecule has 82 valence electrons. The van der Waals surface area contributed by atoms with E-state index in [1.165, 1.54) is 7.11 Å². The molecule has 0 radical (unpaired) electrons. The number of methoxy groups -OCH3 is 1. The fourth-order valence-electron chi connectivity index (χ4n) is 0.991. The third-order valence-corrected chi connectivity index (χ3v) is 2.32. The van der Waals surface area contributed by atoms with Gasteiger partial charge in [0.1, 0.15) is 5.82 Å². The van der Waals surface area contributed by atoms with Crippen LogP contribution in [0.15, 0.2) is 12.1 Å². The zero-order valence-corrected chi connectivity index (χ0v) is 9.90. The molecule has 1 atom stereocenters. The van der Waals surface area contributed by atoms with Gasteiger partial charge in [-0.3, -0.25) is 4.79 Å². The summed E-state index contributed by atoms with van der Waals surface area (Å²) in [5, 5.41) is 0. The summed E-state index contributed by atoms with van der Waals surface area (Å²) in [5.74, 6) is -2.68. The Morgan fingerprint density at radius 3 is 2.53 bits per heavy atom. The van der Waals surface area contributed by atoms with Crippen molar-refractivity contribution >= 4 is 33.3 Å². The summed E-state index contributed by atoms with van der Waals surface area (Å²) in [6, 6.07) is 1.56. The molecule has 15 heavy (non-hydrogen) atoms. The minimum Gasteiger partial charge on any atom is -0.494 e. The van der Waals surface area contributed by atoms with Gasteiger partial charge in [0, 0.05) is 6.07 Å². The highest BCUT2D eigenvalue weighted by Crippen LogP contribution is 2.24. The second-order valence-electron chi connectivity index (χ2n) is 2.63. The summed E-state index contributed by atoms with van der Waals surface area (Å²) < 4.78 is 29.9. The van der Waals surface area contributed by atoms with Crippen LogP contribution in [-0.4, -0.2) is 17.2 Å². The molecule has 0 saturated carbocycles. The molecule has 0 aromatic heterocycles. The van der Waals surface area contributed by atoms with Crippen LogP contribution >= 0.6 is 27.5 Å². The monoisotopic (exact) mass is 298 g/mol. The first-order valence-corrected chi connectivity index (χ1v) is 5.18. The average Bonchev–Trinajstić information content (AvgIpc) is 2.19. The summed E-state index contributed by atoms with van der Waals surface area (Å²) in [4.78, 5) is 11.3. The molecular weight excluding hydrogens is 293 g/mol. The van der Waals surface area contributed by atoms with E-state index in [1.807, 2.05) is 0 Å². The molecule has 0 bridgehead atoms. The second kappa shape index (κ2) is 4.90. The van der Waals surface area contributed by atoms with Gasteiger partial charge in [0.25, 0.3) is 0 Å². The summed E-state index contributed by atoms with van der Waals surface area (Å²) >= 11 is 8.17. The Bertz CT molecular complexity index is 396. The van der Waals surface area contributed by atoms with Gasteiger partial charge in [-0.2, -0.15) is 0 Å². The van der Waals surface area contributed by atoms with Gasteiger partial charge in [-0.1, -0.05) is 15.9 Å². The maximum absolute atomic E-state index is 13.3. The number of hydrogen-bond donors (Lipinski definition) is 0. The third-order valence-electron chi connectivity index (χ3n) is 1.71. The Kier molecular flexibility index (Phi) is 4.04. The van der Waals surface area contributed by atoms with E-state index in [2.05, 4.69) is 20.7 Å². The molecule has 6 heteroatoms. The van der Waals surface area contributed by atoms with Crippen molar-refractivity contribution in [1.29, 1.82) is 0 Å². The summed E-state index contributed by atoms with van der Waals surface area (Å²) in [6.45, 7) is 0. The maximum Gasteiger partial charge on any atom is 0.194 e. The van der Waals surface area contributed by atoms with E-state index in [-0.39, 0.29) is 5.75 Å². The second-order valence-corrected chi connectivity index (χ2v) is 4.51. The number of ether oxygens (including phenoxy) is 1. The number of Topliss-reactive ketones (excluding diaryl/α,β-unsaturated/α-hetero) is 1. The minimum absolute atomic E-state index is 0.259. The van der Waals surface area contributed by atoms with Gasteiger partial charge in [0.15, 0.2) is 21.6 Å². The number of rotatable bonds is 3. The lowest BCUT2D eigenvalue weighted by Gasteiger charge is -2.06. The maximum atomic E-state index is 13.3. The molecule has 0 aliphatic carbocycles. The van der Waals surface area contributed by atoms with Crippen molar-refractivity contribution in [1.82, 2.24) is 0 Å². The van der Waals surface area contributed by atoms with Crippen LogP contribution in [0.2, 0.25) is 0 Å². The summed E-state index contributed by atoms with van der Waals surface area (Å²) in [5.41, 5.74) is -0.412. The van der Waals surface area contributed by atoms with E-state index in [0.717, 1.165) is 12.1 Å². The summed E-state index contributed by atoms with van der Waals surface area (Å²) in [7, 11) is 1.20. The summed E-state index contributed by atoms with van der Waals surface area (Å²) in [6.07, 6.45) is 0. The van der Waals surface area contributed by atoms with Gasteiger partial charge < -0.3 is 4.74 Å². The van der Waals surface area contributed by atoms with E-state index >= 15 is 0 Å². The van der Waals surface area contributed by atoms with Crippen LogP contribution < -0.4 is 4.74 Å². The lowest BCUT2D eigenvalue weighted by atomic mass is 10.1. The molecular formula is C9H6BrClF2O2. The number of carbonyl (C=O) groups is 1. The number of alkyl halides is 2. The number of benzene rings is 1. The lowest BCUT2D eigenvalue weighted by molar-refractivity contribution is 0.101. The van der Waals surface area contributed by atoms with Crippen molar-refractivity contribution < 1.29 is 18.3 Å². The van der Waals surface area contributed by atoms with Gasteiger partial charge >= 0.3 is 0 Å². The number of ketones is 1. The van der Waals surface area contributed by atoms with E-state index in [0.29, 0.717) is 0 Å². The lowest BCUT2D eigenvalue weighted by Crippen LogP contribution is -2.10. The van der Waals surface area contributed by atoms with Crippen molar-refractivity contribution in [3.63, 3.8) is 0 Å². The van der Waals surface area contributed by atoms with E-state index in [4.69, 9.17) is 11.6 Å². The fourth-order valence-corrected chi connectivity index (χ4v) is 1.36.